The lowest BCUT2D eigenvalue weighted by atomic mass is 10.2. The molecule has 0 radical (unpaired) electrons. The Morgan fingerprint density at radius 1 is 1.50 bits per heavy atom. The van der Waals surface area contributed by atoms with Crippen LogP contribution in [-0.4, -0.2) is 13.2 Å². The molecule has 1 saturated carbocycles. The van der Waals surface area contributed by atoms with Gasteiger partial charge in [0.2, 0.25) is 9.05 Å². The zero-order chi connectivity index (χ0) is 10.4. The number of halogens is 2. The molecule has 0 unspecified atom stereocenters. The van der Waals surface area contributed by atoms with Crippen LogP contribution in [0.4, 0.5) is 0 Å². The normalized spacial score (nSPS) is 19.6. The van der Waals surface area contributed by atoms with E-state index in [9.17, 15) is 8.42 Å². The van der Waals surface area contributed by atoms with Gasteiger partial charge in [0.25, 0.3) is 0 Å². The molecule has 6 heteroatoms. The van der Waals surface area contributed by atoms with E-state index in [0.29, 0.717) is 29.7 Å². The molecule has 1 aromatic heterocycles. The molecule has 0 spiro atoms. The van der Waals surface area contributed by atoms with Crippen molar-refractivity contribution in [2.24, 2.45) is 0 Å². The van der Waals surface area contributed by atoms with Crippen molar-refractivity contribution in [3.8, 4) is 0 Å². The predicted molar refractivity (Wildman–Crippen MR) is 56.8 cm³/mol. The van der Waals surface area contributed by atoms with E-state index in [4.69, 9.17) is 15.1 Å². The van der Waals surface area contributed by atoms with Gasteiger partial charge in [0, 0.05) is 17.1 Å². The summed E-state index contributed by atoms with van der Waals surface area (Å²) in [6, 6.07) is 3.50. The molecular formula is C8H8BrClO3S. The first-order chi connectivity index (χ1) is 6.43. The van der Waals surface area contributed by atoms with Crippen LogP contribution in [0.2, 0.25) is 0 Å². The van der Waals surface area contributed by atoms with Crippen molar-refractivity contribution in [2.45, 2.75) is 24.0 Å². The van der Waals surface area contributed by atoms with Gasteiger partial charge in [-0.15, -0.1) is 0 Å². The molecule has 1 aromatic rings. The van der Waals surface area contributed by atoms with Crippen LogP contribution in [0.3, 0.4) is 0 Å². The average Bonchev–Trinajstić information content (AvgIpc) is 2.71. The van der Waals surface area contributed by atoms with Crippen molar-refractivity contribution in [3.63, 3.8) is 0 Å². The lowest BCUT2D eigenvalue weighted by Crippen LogP contribution is -2.20. The summed E-state index contributed by atoms with van der Waals surface area (Å²) in [5.41, 5.74) is 0. The zero-order valence-corrected chi connectivity index (χ0v) is 10.3. The molecule has 78 valence electrons. The van der Waals surface area contributed by atoms with Crippen molar-refractivity contribution in [3.05, 3.63) is 22.6 Å². The van der Waals surface area contributed by atoms with Crippen LogP contribution in [0, 0.1) is 0 Å². The first kappa shape index (κ1) is 10.5. The zero-order valence-electron chi connectivity index (χ0n) is 7.16. The Morgan fingerprint density at radius 2 is 2.14 bits per heavy atom. The molecule has 1 fully saturated rings. The molecule has 2 rings (SSSR count). The fourth-order valence-corrected chi connectivity index (χ4v) is 3.28. The van der Waals surface area contributed by atoms with Gasteiger partial charge >= 0.3 is 0 Å². The maximum atomic E-state index is 11.2. The molecule has 0 atom stereocenters. The fraction of sp³-hybridized carbons (Fsp3) is 0.500. The lowest BCUT2D eigenvalue weighted by Gasteiger charge is -2.07. The molecule has 1 heterocycles. The molecule has 0 aliphatic heterocycles. The summed E-state index contributed by atoms with van der Waals surface area (Å²) in [6.07, 6.45) is 1.61. The smallest absolute Gasteiger partial charge is 0.238 e. The highest BCUT2D eigenvalue weighted by Crippen LogP contribution is 2.48. The van der Waals surface area contributed by atoms with Crippen LogP contribution in [0.15, 0.2) is 21.2 Å². The van der Waals surface area contributed by atoms with Crippen LogP contribution in [0.25, 0.3) is 0 Å². The van der Waals surface area contributed by atoms with E-state index in [1.54, 1.807) is 12.1 Å². The van der Waals surface area contributed by atoms with E-state index in [2.05, 4.69) is 15.9 Å². The minimum Gasteiger partial charge on any atom is -0.454 e. The Bertz CT molecular complexity index is 447. The molecule has 1 aliphatic carbocycles. The summed E-state index contributed by atoms with van der Waals surface area (Å²) < 4.78 is 27.6. The Morgan fingerprint density at radius 3 is 2.50 bits per heavy atom. The number of furan rings is 1. The second kappa shape index (κ2) is 3.25. The van der Waals surface area contributed by atoms with Crippen molar-refractivity contribution >= 4 is 35.7 Å². The van der Waals surface area contributed by atoms with Gasteiger partial charge < -0.3 is 4.42 Å². The van der Waals surface area contributed by atoms with E-state index in [1.807, 2.05) is 0 Å². The van der Waals surface area contributed by atoms with E-state index in [-0.39, 0.29) is 0 Å². The second-order valence-electron chi connectivity index (χ2n) is 3.50. The van der Waals surface area contributed by atoms with Crippen molar-refractivity contribution < 1.29 is 12.8 Å². The average molecular weight is 300 g/mol. The largest absolute Gasteiger partial charge is 0.454 e. The van der Waals surface area contributed by atoms with Crippen molar-refractivity contribution in [2.75, 3.05) is 0 Å². The number of hydrogen-bond acceptors (Lipinski definition) is 3. The van der Waals surface area contributed by atoms with Crippen LogP contribution in [0.1, 0.15) is 18.6 Å². The topological polar surface area (TPSA) is 47.3 Å². The van der Waals surface area contributed by atoms with Gasteiger partial charge in [-0.3, -0.25) is 0 Å². The minimum atomic E-state index is -3.48. The Balaban J connectivity index is 2.20. The van der Waals surface area contributed by atoms with Gasteiger partial charge in [-0.2, -0.15) is 0 Å². The van der Waals surface area contributed by atoms with E-state index < -0.39 is 13.8 Å². The highest BCUT2D eigenvalue weighted by atomic mass is 79.9. The molecular weight excluding hydrogens is 292 g/mol. The standard InChI is InChI=1S/C8H8BrClO3S/c9-7-2-1-6(13-7)5-8(3-4-8)14(10,11)12/h1-2H,3-5H2. The Kier molecular flexibility index (Phi) is 2.44. The summed E-state index contributed by atoms with van der Waals surface area (Å²) in [5, 5.41) is 0. The first-order valence-electron chi connectivity index (χ1n) is 4.11. The van der Waals surface area contributed by atoms with Crippen LogP contribution < -0.4 is 0 Å². The molecule has 14 heavy (non-hydrogen) atoms. The van der Waals surface area contributed by atoms with E-state index >= 15 is 0 Å². The summed E-state index contributed by atoms with van der Waals surface area (Å²) in [7, 11) is 1.88. The Labute approximate surface area is 95.0 Å². The molecule has 0 aromatic carbocycles. The van der Waals surface area contributed by atoms with Gasteiger partial charge in [0.15, 0.2) is 4.67 Å². The molecule has 0 N–H and O–H groups in total. The maximum absolute atomic E-state index is 11.2. The predicted octanol–water partition coefficient (Wildman–Crippen LogP) is 2.69. The third-order valence-corrected chi connectivity index (χ3v) is 5.45. The summed E-state index contributed by atoms with van der Waals surface area (Å²) in [4.78, 5) is 0. The van der Waals surface area contributed by atoms with Crippen LogP contribution >= 0.6 is 26.6 Å². The van der Waals surface area contributed by atoms with Crippen LogP contribution in [0.5, 0.6) is 0 Å². The molecule has 0 amide bonds. The SMILES string of the molecule is O=S(=O)(Cl)C1(Cc2ccc(Br)o2)CC1. The van der Waals surface area contributed by atoms with Crippen molar-refractivity contribution in [1.29, 1.82) is 0 Å². The van der Waals surface area contributed by atoms with Gasteiger partial charge in [-0.05, 0) is 40.9 Å². The maximum Gasteiger partial charge on any atom is 0.238 e. The highest BCUT2D eigenvalue weighted by molar-refractivity contribution is 9.10. The van der Waals surface area contributed by atoms with Gasteiger partial charge in [-0.1, -0.05) is 0 Å². The van der Waals surface area contributed by atoms with Crippen LogP contribution in [-0.2, 0) is 15.5 Å². The molecule has 0 bridgehead atoms. The summed E-state index contributed by atoms with van der Waals surface area (Å²) in [6.45, 7) is 0. The second-order valence-corrected chi connectivity index (χ2v) is 7.25. The molecule has 0 saturated heterocycles. The quantitative estimate of drug-likeness (QED) is 0.806. The molecule has 3 nitrogen and oxygen atoms in total. The molecule has 1 aliphatic rings. The van der Waals surface area contributed by atoms with Crippen molar-refractivity contribution in [1.82, 2.24) is 0 Å². The number of rotatable bonds is 3. The van der Waals surface area contributed by atoms with Gasteiger partial charge in [0.1, 0.15) is 5.76 Å². The van der Waals surface area contributed by atoms with E-state index in [1.165, 1.54) is 0 Å². The summed E-state index contributed by atoms with van der Waals surface area (Å²) in [5.74, 6) is 0.651. The minimum absolute atomic E-state index is 0.366. The lowest BCUT2D eigenvalue weighted by molar-refractivity contribution is 0.477. The third-order valence-electron chi connectivity index (χ3n) is 2.45. The first-order valence-corrected chi connectivity index (χ1v) is 7.22. The van der Waals surface area contributed by atoms with E-state index in [0.717, 1.165) is 0 Å². The van der Waals surface area contributed by atoms with Gasteiger partial charge in [-0.25, -0.2) is 8.42 Å². The number of hydrogen-bond donors (Lipinski definition) is 0. The van der Waals surface area contributed by atoms with Gasteiger partial charge in [0.05, 0.1) is 4.75 Å². The highest BCUT2D eigenvalue weighted by Gasteiger charge is 2.54. The third kappa shape index (κ3) is 1.85. The Hall–Kier alpha value is -0.000000000000000111. The fourth-order valence-electron chi connectivity index (χ4n) is 1.41. The monoisotopic (exact) mass is 298 g/mol. The summed E-state index contributed by atoms with van der Waals surface area (Å²) >= 11 is 3.16.